The number of fused-ring (bicyclic) bond motifs is 7. The van der Waals surface area contributed by atoms with Crippen molar-refractivity contribution < 1.29 is 33.9 Å². The first kappa shape index (κ1) is 24.3. The van der Waals surface area contributed by atoms with E-state index in [2.05, 4.69) is 30.1 Å². The molecule has 0 saturated heterocycles. The molecule has 0 saturated carbocycles. The van der Waals surface area contributed by atoms with Gasteiger partial charge in [0.2, 0.25) is 5.75 Å². The van der Waals surface area contributed by atoms with Crippen LogP contribution in [0.4, 0.5) is 0 Å². The van der Waals surface area contributed by atoms with Crippen LogP contribution in [0.3, 0.4) is 0 Å². The summed E-state index contributed by atoms with van der Waals surface area (Å²) in [5.41, 5.74) is 5.01. The summed E-state index contributed by atoms with van der Waals surface area (Å²) in [7, 11) is 4.56. The molecular formula is C30H31NO7. The second kappa shape index (κ2) is 8.49. The van der Waals surface area contributed by atoms with Gasteiger partial charge in [0.05, 0.1) is 44.9 Å². The number of phenols is 1. The number of nitrogens with one attached hydrogen (secondary N) is 1. The molecule has 4 aromatic rings. The zero-order valence-corrected chi connectivity index (χ0v) is 22.3. The van der Waals surface area contributed by atoms with Crippen LogP contribution in [0.2, 0.25) is 0 Å². The van der Waals surface area contributed by atoms with Crippen LogP contribution < -0.4 is 23.7 Å². The van der Waals surface area contributed by atoms with Gasteiger partial charge in [-0.1, -0.05) is 0 Å². The number of aromatic nitrogens is 1. The Labute approximate surface area is 220 Å². The Kier molecular flexibility index (Phi) is 5.43. The van der Waals surface area contributed by atoms with Crippen molar-refractivity contribution in [3.8, 4) is 34.5 Å². The minimum atomic E-state index is -0.566. The third kappa shape index (κ3) is 3.40. The van der Waals surface area contributed by atoms with Crippen LogP contribution in [0.1, 0.15) is 48.1 Å². The van der Waals surface area contributed by atoms with E-state index in [1.165, 1.54) is 14.2 Å². The number of H-pyrrole nitrogens is 1. The molecule has 8 heteroatoms. The molecule has 3 heterocycles. The molecule has 2 aliphatic rings. The number of methoxy groups -OCH3 is 3. The number of aryl methyl sites for hydroxylation is 1. The van der Waals surface area contributed by atoms with Crippen LogP contribution in [0.25, 0.3) is 27.9 Å². The third-order valence-corrected chi connectivity index (χ3v) is 7.57. The van der Waals surface area contributed by atoms with Gasteiger partial charge in [-0.05, 0) is 62.8 Å². The largest absolute Gasteiger partial charge is 0.502 e. The monoisotopic (exact) mass is 517 g/mol. The van der Waals surface area contributed by atoms with Gasteiger partial charge in [-0.2, -0.15) is 0 Å². The van der Waals surface area contributed by atoms with Gasteiger partial charge < -0.3 is 38.9 Å². The van der Waals surface area contributed by atoms with Crippen molar-refractivity contribution in [2.24, 2.45) is 0 Å². The molecule has 6 rings (SSSR count). The smallest absolute Gasteiger partial charge is 0.200 e. The predicted molar refractivity (Wildman–Crippen MR) is 145 cm³/mol. The number of aromatic amines is 1. The Morgan fingerprint density at radius 2 is 1.58 bits per heavy atom. The van der Waals surface area contributed by atoms with Crippen molar-refractivity contribution in [2.45, 2.75) is 38.4 Å². The van der Waals surface area contributed by atoms with Gasteiger partial charge in [-0.25, -0.2) is 0 Å². The summed E-state index contributed by atoms with van der Waals surface area (Å²) in [5.74, 6) is 2.01. The number of benzene rings is 3. The van der Waals surface area contributed by atoms with E-state index in [0.29, 0.717) is 17.1 Å². The molecule has 0 spiro atoms. The van der Waals surface area contributed by atoms with Crippen LogP contribution >= 0.6 is 0 Å². The lowest BCUT2D eigenvalue weighted by molar-refractivity contribution is 0.156. The Bertz CT molecular complexity index is 1610. The summed E-state index contributed by atoms with van der Waals surface area (Å²) in [6, 6.07) is 7.51. The van der Waals surface area contributed by atoms with Crippen molar-refractivity contribution in [1.82, 2.24) is 4.98 Å². The van der Waals surface area contributed by atoms with Crippen molar-refractivity contribution >= 4 is 27.9 Å². The molecule has 8 nitrogen and oxygen atoms in total. The lowest BCUT2D eigenvalue weighted by Gasteiger charge is -2.29. The van der Waals surface area contributed by atoms with E-state index >= 15 is 0 Å². The van der Waals surface area contributed by atoms with E-state index in [1.807, 2.05) is 19.9 Å². The van der Waals surface area contributed by atoms with Crippen LogP contribution in [-0.4, -0.2) is 48.7 Å². The highest BCUT2D eigenvalue weighted by atomic mass is 16.5. The molecule has 38 heavy (non-hydrogen) atoms. The van der Waals surface area contributed by atoms with Crippen LogP contribution in [0, 0.1) is 6.92 Å². The Morgan fingerprint density at radius 3 is 2.21 bits per heavy atom. The topological polar surface area (TPSA) is 102 Å². The number of aliphatic hydroxyl groups is 1. The number of hydrogen-bond acceptors (Lipinski definition) is 7. The Morgan fingerprint density at radius 1 is 0.921 bits per heavy atom. The van der Waals surface area contributed by atoms with Crippen molar-refractivity contribution in [3.63, 3.8) is 0 Å². The van der Waals surface area contributed by atoms with Crippen molar-refractivity contribution in [1.29, 1.82) is 0 Å². The van der Waals surface area contributed by atoms with Gasteiger partial charge in [0.1, 0.15) is 17.5 Å². The van der Waals surface area contributed by atoms with E-state index in [0.717, 1.165) is 44.2 Å². The van der Waals surface area contributed by atoms with Gasteiger partial charge in [0.15, 0.2) is 23.0 Å². The predicted octanol–water partition coefficient (Wildman–Crippen LogP) is 5.75. The van der Waals surface area contributed by atoms with Gasteiger partial charge in [-0.15, -0.1) is 0 Å². The molecule has 0 bridgehead atoms. The SMILES string of the molecule is COc1cc([C@H]2Oc3c(OC)cc4c([nH]c5c6c(c(C)cc54)OC(C)(C)C=C6)c3[C@@H]2CO)cc(OC)c1O. The second-order valence-electron chi connectivity index (χ2n) is 10.4. The van der Waals surface area contributed by atoms with Crippen molar-refractivity contribution in [3.05, 3.63) is 52.6 Å². The fraction of sp³-hybridized carbons (Fsp3) is 0.333. The van der Waals surface area contributed by atoms with Crippen molar-refractivity contribution in [2.75, 3.05) is 27.9 Å². The van der Waals surface area contributed by atoms with Gasteiger partial charge in [0, 0.05) is 27.5 Å². The molecule has 3 N–H and O–H groups in total. The number of hydrogen-bond donors (Lipinski definition) is 3. The van der Waals surface area contributed by atoms with Crippen LogP contribution in [-0.2, 0) is 0 Å². The normalized spacial score (nSPS) is 19.1. The number of aromatic hydroxyl groups is 1. The molecule has 1 aromatic heterocycles. The summed E-state index contributed by atoms with van der Waals surface area (Å²) >= 11 is 0. The molecule has 198 valence electrons. The van der Waals surface area contributed by atoms with E-state index in [4.69, 9.17) is 23.7 Å². The highest BCUT2D eigenvalue weighted by Crippen LogP contribution is 2.55. The summed E-state index contributed by atoms with van der Waals surface area (Å²) in [6.45, 7) is 5.96. The molecule has 0 radical (unpaired) electrons. The molecule has 2 atom stereocenters. The standard InChI is InChI=1S/C30H31NO7/c1-14-9-17-18-12-22(36-6)29-23(25(18)31-24(17)16-7-8-30(2,3)38-27(14)16)19(13-32)28(37-29)15-10-20(34-4)26(33)21(11-15)35-5/h7-12,19,28,31-33H,13H2,1-6H3/t19-,28+/m0/s1. The Hall–Kier alpha value is -4.04. The summed E-state index contributed by atoms with van der Waals surface area (Å²) in [6.07, 6.45) is 3.61. The second-order valence-corrected chi connectivity index (χ2v) is 10.4. The van der Waals surface area contributed by atoms with E-state index in [1.54, 1.807) is 19.2 Å². The van der Waals surface area contributed by atoms with Gasteiger partial charge in [-0.3, -0.25) is 0 Å². The zero-order valence-electron chi connectivity index (χ0n) is 22.3. The number of aliphatic hydroxyl groups excluding tert-OH is 1. The summed E-state index contributed by atoms with van der Waals surface area (Å²) in [5, 5.41) is 23.1. The van der Waals surface area contributed by atoms with E-state index < -0.39 is 17.6 Å². The highest BCUT2D eigenvalue weighted by molar-refractivity contribution is 6.13. The minimum absolute atomic E-state index is 0.0935. The molecule has 0 fully saturated rings. The van der Waals surface area contributed by atoms with Crippen LogP contribution in [0.15, 0.2) is 30.3 Å². The maximum atomic E-state index is 10.7. The third-order valence-electron chi connectivity index (χ3n) is 7.57. The van der Waals surface area contributed by atoms with E-state index in [-0.39, 0.29) is 23.9 Å². The summed E-state index contributed by atoms with van der Waals surface area (Å²) < 4.78 is 29.3. The molecule has 2 aliphatic heterocycles. The van der Waals surface area contributed by atoms with Crippen LogP contribution in [0.5, 0.6) is 34.5 Å². The minimum Gasteiger partial charge on any atom is -0.502 e. The average Bonchev–Trinajstić information content (AvgIpc) is 3.46. The fourth-order valence-electron chi connectivity index (χ4n) is 5.73. The fourth-order valence-corrected chi connectivity index (χ4v) is 5.73. The van der Waals surface area contributed by atoms with E-state index in [9.17, 15) is 10.2 Å². The molecule has 3 aromatic carbocycles. The zero-order chi connectivity index (χ0) is 26.9. The lowest BCUT2D eigenvalue weighted by Crippen LogP contribution is -2.28. The first-order valence-corrected chi connectivity index (χ1v) is 12.5. The number of rotatable bonds is 5. The maximum Gasteiger partial charge on any atom is 0.200 e. The first-order chi connectivity index (χ1) is 18.2. The number of phenolic OH excluding ortho intramolecular Hbond substituents is 1. The molecular weight excluding hydrogens is 486 g/mol. The average molecular weight is 518 g/mol. The lowest BCUT2D eigenvalue weighted by atomic mass is 9.89. The summed E-state index contributed by atoms with van der Waals surface area (Å²) in [4.78, 5) is 3.64. The van der Waals surface area contributed by atoms with Gasteiger partial charge >= 0.3 is 0 Å². The Balaban J connectivity index is 1.59. The molecule has 0 amide bonds. The quantitative estimate of drug-likeness (QED) is 0.310. The maximum absolute atomic E-state index is 10.7. The molecule has 0 aliphatic carbocycles. The van der Waals surface area contributed by atoms with Gasteiger partial charge in [0.25, 0.3) is 0 Å². The highest BCUT2D eigenvalue weighted by Gasteiger charge is 2.41. The first-order valence-electron chi connectivity index (χ1n) is 12.5. The molecule has 0 unspecified atom stereocenters. The number of ether oxygens (including phenoxy) is 5.